The van der Waals surface area contributed by atoms with E-state index in [4.69, 9.17) is 28.2 Å². The first-order chi connectivity index (χ1) is 13.1. The van der Waals surface area contributed by atoms with E-state index in [-0.39, 0.29) is 0 Å². The number of rotatable bonds is 4. The van der Waals surface area contributed by atoms with Crippen molar-refractivity contribution < 1.29 is 0 Å². The maximum Gasteiger partial charge on any atom is 0.138 e. The van der Waals surface area contributed by atoms with Gasteiger partial charge in [-0.2, -0.15) is 0 Å². The fraction of sp³-hybridized carbons (Fsp3) is 0.0526. The number of pyridine rings is 1. The van der Waals surface area contributed by atoms with Crippen molar-refractivity contribution in [2.75, 3.05) is 0 Å². The molecular formula is C19H12BrCl2N5. The first-order valence-electron chi connectivity index (χ1n) is 8.02. The number of hydrogen-bond donors (Lipinski definition) is 0. The van der Waals surface area contributed by atoms with E-state index in [9.17, 15) is 0 Å². The Labute approximate surface area is 174 Å². The van der Waals surface area contributed by atoms with Gasteiger partial charge in [-0.1, -0.05) is 63.4 Å². The van der Waals surface area contributed by atoms with E-state index < -0.39 is 0 Å². The van der Waals surface area contributed by atoms with Crippen molar-refractivity contribution in [1.29, 1.82) is 0 Å². The molecule has 2 aromatic carbocycles. The molecule has 0 bridgehead atoms. The summed E-state index contributed by atoms with van der Waals surface area (Å²) in [4.78, 5) is 4.86. The molecule has 0 unspecified atom stereocenters. The molecule has 0 aliphatic rings. The van der Waals surface area contributed by atoms with Crippen molar-refractivity contribution in [3.63, 3.8) is 0 Å². The lowest BCUT2D eigenvalue weighted by Crippen LogP contribution is -2.04. The van der Waals surface area contributed by atoms with E-state index in [1.165, 1.54) is 0 Å². The third-order valence-corrected chi connectivity index (χ3v) is 5.08. The fourth-order valence-corrected chi connectivity index (χ4v) is 3.53. The van der Waals surface area contributed by atoms with E-state index in [1.807, 2.05) is 48.5 Å². The number of halogens is 3. The third-order valence-electron chi connectivity index (χ3n) is 4.01. The minimum atomic E-state index is 0.477. The van der Waals surface area contributed by atoms with Gasteiger partial charge in [-0.3, -0.25) is 4.98 Å². The van der Waals surface area contributed by atoms with E-state index in [0.29, 0.717) is 16.6 Å². The van der Waals surface area contributed by atoms with E-state index in [0.717, 1.165) is 32.6 Å². The Hall–Kier alpha value is -2.28. The van der Waals surface area contributed by atoms with Crippen LogP contribution in [0.3, 0.4) is 0 Å². The minimum Gasteiger partial charge on any atom is -0.250 e. The highest BCUT2D eigenvalue weighted by Crippen LogP contribution is 2.36. The van der Waals surface area contributed by atoms with Crippen LogP contribution in [-0.4, -0.2) is 25.2 Å². The fourth-order valence-electron chi connectivity index (χ4n) is 2.76. The predicted octanol–water partition coefficient (Wildman–Crippen LogP) is 5.52. The summed E-state index contributed by atoms with van der Waals surface area (Å²) in [6, 6.07) is 17.4. The molecule has 2 aromatic heterocycles. The maximum atomic E-state index is 6.45. The van der Waals surface area contributed by atoms with E-state index in [2.05, 4.69) is 31.5 Å². The molecule has 2 heterocycles. The average Bonchev–Trinajstić information content (AvgIpc) is 3.16. The SMILES string of the molecule is Clc1ccc(-c2ccc(Cn3cnnn3)nc2-c2ccc(Br)cc2)c(Cl)c1. The Balaban J connectivity index is 1.85. The molecule has 0 saturated carbocycles. The summed E-state index contributed by atoms with van der Waals surface area (Å²) in [7, 11) is 0. The molecule has 27 heavy (non-hydrogen) atoms. The topological polar surface area (TPSA) is 56.5 Å². The zero-order valence-electron chi connectivity index (χ0n) is 13.9. The van der Waals surface area contributed by atoms with Crippen molar-refractivity contribution in [2.45, 2.75) is 6.54 Å². The summed E-state index contributed by atoms with van der Waals surface area (Å²) in [5.41, 5.74) is 4.46. The summed E-state index contributed by atoms with van der Waals surface area (Å²) in [5.74, 6) is 0. The Morgan fingerprint density at radius 3 is 2.41 bits per heavy atom. The molecule has 4 rings (SSSR count). The number of nitrogens with zero attached hydrogens (tertiary/aromatic N) is 5. The lowest BCUT2D eigenvalue weighted by Gasteiger charge is -2.13. The van der Waals surface area contributed by atoms with Crippen molar-refractivity contribution in [3.8, 4) is 22.4 Å². The zero-order valence-corrected chi connectivity index (χ0v) is 16.9. The second-order valence-corrected chi connectivity index (χ2v) is 7.60. The van der Waals surface area contributed by atoms with Gasteiger partial charge in [0.2, 0.25) is 0 Å². The summed E-state index contributed by atoms with van der Waals surface area (Å²) < 4.78 is 2.63. The quantitative estimate of drug-likeness (QED) is 0.402. The van der Waals surface area contributed by atoms with Gasteiger partial charge in [0.05, 0.1) is 17.9 Å². The lowest BCUT2D eigenvalue weighted by molar-refractivity contribution is 0.638. The standard InChI is InChI=1S/C19H12BrCl2N5/c20-13-3-1-12(2-4-13)19-17(16-7-5-14(21)9-18(16)22)8-6-15(24-19)10-27-11-23-25-26-27/h1-9,11H,10H2. The average molecular weight is 461 g/mol. The van der Waals surface area contributed by atoms with Crippen LogP contribution in [0.15, 0.2) is 65.4 Å². The molecule has 0 spiro atoms. The number of aromatic nitrogens is 5. The molecule has 0 amide bonds. The highest BCUT2D eigenvalue weighted by atomic mass is 79.9. The van der Waals surface area contributed by atoms with Gasteiger partial charge in [0.15, 0.2) is 0 Å². The van der Waals surface area contributed by atoms with Crippen molar-refractivity contribution in [3.05, 3.63) is 81.1 Å². The van der Waals surface area contributed by atoms with Gasteiger partial charge in [0.1, 0.15) is 6.33 Å². The Morgan fingerprint density at radius 1 is 0.926 bits per heavy atom. The van der Waals surface area contributed by atoms with Crippen LogP contribution in [0.1, 0.15) is 5.69 Å². The maximum absolute atomic E-state index is 6.45. The van der Waals surface area contributed by atoms with Crippen LogP contribution in [0.4, 0.5) is 0 Å². The van der Waals surface area contributed by atoms with Crippen LogP contribution in [0, 0.1) is 0 Å². The van der Waals surface area contributed by atoms with Crippen molar-refractivity contribution in [1.82, 2.24) is 25.2 Å². The first-order valence-corrected chi connectivity index (χ1v) is 9.57. The van der Waals surface area contributed by atoms with Gasteiger partial charge >= 0.3 is 0 Å². The summed E-state index contributed by atoms with van der Waals surface area (Å²) in [5, 5.41) is 12.4. The van der Waals surface area contributed by atoms with Gasteiger partial charge < -0.3 is 0 Å². The van der Waals surface area contributed by atoms with Crippen LogP contribution in [-0.2, 0) is 6.54 Å². The van der Waals surface area contributed by atoms with Gasteiger partial charge in [-0.25, -0.2) is 4.68 Å². The molecule has 4 aromatic rings. The van der Waals surface area contributed by atoms with Crippen molar-refractivity contribution >= 4 is 39.1 Å². The van der Waals surface area contributed by atoms with E-state index in [1.54, 1.807) is 17.1 Å². The molecule has 0 saturated heterocycles. The largest absolute Gasteiger partial charge is 0.250 e. The Bertz CT molecular complexity index is 1080. The van der Waals surface area contributed by atoms with Crippen LogP contribution in [0.25, 0.3) is 22.4 Å². The van der Waals surface area contributed by atoms with E-state index >= 15 is 0 Å². The van der Waals surface area contributed by atoms with Crippen LogP contribution < -0.4 is 0 Å². The van der Waals surface area contributed by atoms with Crippen molar-refractivity contribution in [2.24, 2.45) is 0 Å². The Kier molecular flexibility index (Phi) is 5.20. The highest BCUT2D eigenvalue weighted by molar-refractivity contribution is 9.10. The summed E-state index contributed by atoms with van der Waals surface area (Å²) >= 11 is 16.0. The van der Waals surface area contributed by atoms with Crippen LogP contribution in [0.2, 0.25) is 10.0 Å². The molecule has 0 atom stereocenters. The lowest BCUT2D eigenvalue weighted by atomic mass is 9.98. The smallest absolute Gasteiger partial charge is 0.138 e. The zero-order chi connectivity index (χ0) is 18.8. The second kappa shape index (κ2) is 7.76. The molecule has 0 radical (unpaired) electrons. The number of tetrazole rings is 1. The molecule has 134 valence electrons. The first kappa shape index (κ1) is 18.1. The minimum absolute atomic E-state index is 0.477. The normalized spacial score (nSPS) is 10.9. The molecule has 5 nitrogen and oxygen atoms in total. The number of hydrogen-bond acceptors (Lipinski definition) is 4. The molecule has 8 heteroatoms. The predicted molar refractivity (Wildman–Crippen MR) is 110 cm³/mol. The number of benzene rings is 2. The van der Waals surface area contributed by atoms with Gasteiger partial charge in [-0.15, -0.1) is 5.10 Å². The molecular weight excluding hydrogens is 449 g/mol. The third kappa shape index (κ3) is 4.03. The summed E-state index contributed by atoms with van der Waals surface area (Å²) in [6.07, 6.45) is 1.56. The van der Waals surface area contributed by atoms with Gasteiger partial charge in [0.25, 0.3) is 0 Å². The van der Waals surface area contributed by atoms with Gasteiger partial charge in [-0.05, 0) is 40.8 Å². The molecule has 0 aliphatic carbocycles. The second-order valence-electron chi connectivity index (χ2n) is 5.84. The molecule has 0 aliphatic heterocycles. The van der Waals surface area contributed by atoms with Crippen LogP contribution in [0.5, 0.6) is 0 Å². The Morgan fingerprint density at radius 2 is 1.70 bits per heavy atom. The monoisotopic (exact) mass is 459 g/mol. The summed E-state index contributed by atoms with van der Waals surface area (Å²) in [6.45, 7) is 0.477. The molecule has 0 N–H and O–H groups in total. The van der Waals surface area contributed by atoms with Gasteiger partial charge in [0, 0.05) is 31.2 Å². The molecule has 0 fully saturated rings. The highest BCUT2D eigenvalue weighted by Gasteiger charge is 2.14. The van der Waals surface area contributed by atoms with Crippen LogP contribution >= 0.6 is 39.1 Å².